The highest BCUT2D eigenvalue weighted by atomic mass is 16.5. The molecular formula is C12H12O2. The van der Waals surface area contributed by atoms with Crippen LogP contribution < -0.4 is 0 Å². The lowest BCUT2D eigenvalue weighted by molar-refractivity contribution is -0.141. The first-order valence-electron chi connectivity index (χ1n) is 4.81. The average Bonchev–Trinajstić information content (AvgIpc) is 2.19. The zero-order valence-electron chi connectivity index (χ0n) is 7.90. The summed E-state index contributed by atoms with van der Waals surface area (Å²) < 4.78 is 5.11. The maximum Gasteiger partial charge on any atom is 0.310 e. The lowest BCUT2D eigenvalue weighted by atomic mass is 10.1. The molecule has 0 unspecified atom stereocenters. The van der Waals surface area contributed by atoms with Gasteiger partial charge in [-0.1, -0.05) is 30.3 Å². The molecule has 0 atom stereocenters. The van der Waals surface area contributed by atoms with E-state index in [0.29, 0.717) is 6.42 Å². The summed E-state index contributed by atoms with van der Waals surface area (Å²) in [4.78, 5) is 11.0. The maximum atomic E-state index is 11.0. The van der Waals surface area contributed by atoms with Gasteiger partial charge >= 0.3 is 5.97 Å². The van der Waals surface area contributed by atoms with Crippen molar-refractivity contribution < 1.29 is 9.53 Å². The van der Waals surface area contributed by atoms with Gasteiger partial charge < -0.3 is 4.74 Å². The lowest BCUT2D eigenvalue weighted by Gasteiger charge is -2.13. The Balaban J connectivity index is 2.14. The van der Waals surface area contributed by atoms with Crippen LogP contribution in [-0.4, -0.2) is 5.97 Å². The zero-order chi connectivity index (χ0) is 9.80. The first-order valence-corrected chi connectivity index (χ1v) is 4.81. The van der Waals surface area contributed by atoms with E-state index in [1.807, 2.05) is 36.4 Å². The minimum absolute atomic E-state index is 0.113. The van der Waals surface area contributed by atoms with E-state index >= 15 is 0 Å². The van der Waals surface area contributed by atoms with Gasteiger partial charge in [-0.2, -0.15) is 0 Å². The van der Waals surface area contributed by atoms with Crippen molar-refractivity contribution in [3.05, 3.63) is 41.7 Å². The van der Waals surface area contributed by atoms with Crippen LogP contribution in [0, 0.1) is 0 Å². The number of cyclic esters (lactones) is 1. The fourth-order valence-corrected chi connectivity index (χ4v) is 1.49. The Morgan fingerprint density at radius 2 is 1.93 bits per heavy atom. The molecule has 0 saturated carbocycles. The molecule has 2 heteroatoms. The second kappa shape index (κ2) is 4.09. The van der Waals surface area contributed by atoms with Gasteiger partial charge in [0.05, 0.1) is 0 Å². The molecule has 1 aromatic carbocycles. The third-order valence-corrected chi connectivity index (χ3v) is 2.18. The van der Waals surface area contributed by atoms with Gasteiger partial charge in [0.2, 0.25) is 0 Å². The second-order valence-electron chi connectivity index (χ2n) is 3.35. The van der Waals surface area contributed by atoms with E-state index in [4.69, 9.17) is 4.74 Å². The summed E-state index contributed by atoms with van der Waals surface area (Å²) in [6.07, 6.45) is 4.24. The largest absolute Gasteiger partial charge is 0.431 e. The van der Waals surface area contributed by atoms with Crippen LogP contribution in [0.5, 0.6) is 0 Å². The molecule has 0 bridgehead atoms. The quantitative estimate of drug-likeness (QED) is 0.633. The van der Waals surface area contributed by atoms with Crippen LogP contribution in [-0.2, 0) is 9.53 Å². The fourth-order valence-electron chi connectivity index (χ4n) is 1.49. The Hall–Kier alpha value is -1.57. The highest BCUT2D eigenvalue weighted by molar-refractivity contribution is 5.73. The van der Waals surface area contributed by atoms with Crippen molar-refractivity contribution in [2.24, 2.45) is 0 Å². The van der Waals surface area contributed by atoms with Crippen molar-refractivity contribution >= 4 is 12.0 Å². The van der Waals surface area contributed by atoms with Gasteiger partial charge in [-0.15, -0.1) is 0 Å². The molecule has 0 radical (unpaired) electrons. The number of allylic oxidation sites excluding steroid dienone is 1. The molecule has 0 aliphatic carbocycles. The zero-order valence-corrected chi connectivity index (χ0v) is 7.90. The Labute approximate surface area is 83.2 Å². The Morgan fingerprint density at radius 3 is 2.64 bits per heavy atom. The van der Waals surface area contributed by atoms with Gasteiger partial charge in [0.15, 0.2) is 0 Å². The Morgan fingerprint density at radius 1 is 1.14 bits per heavy atom. The number of esters is 1. The molecule has 72 valence electrons. The molecule has 0 spiro atoms. The average molecular weight is 188 g/mol. The summed E-state index contributed by atoms with van der Waals surface area (Å²) in [5, 5.41) is 0. The van der Waals surface area contributed by atoms with E-state index in [9.17, 15) is 4.79 Å². The van der Waals surface area contributed by atoms with Crippen LogP contribution in [0.25, 0.3) is 6.08 Å². The first kappa shape index (κ1) is 9.00. The van der Waals surface area contributed by atoms with Crippen molar-refractivity contribution in [2.45, 2.75) is 19.3 Å². The minimum atomic E-state index is -0.113. The highest BCUT2D eigenvalue weighted by Gasteiger charge is 2.13. The summed E-state index contributed by atoms with van der Waals surface area (Å²) in [7, 11) is 0. The summed E-state index contributed by atoms with van der Waals surface area (Å²) in [5.41, 5.74) is 1.08. The number of rotatable bonds is 1. The van der Waals surface area contributed by atoms with E-state index in [2.05, 4.69) is 0 Å². The van der Waals surface area contributed by atoms with Gasteiger partial charge in [-0.3, -0.25) is 4.79 Å². The highest BCUT2D eigenvalue weighted by Crippen LogP contribution is 2.19. The third kappa shape index (κ3) is 2.22. The van der Waals surface area contributed by atoms with E-state index in [1.165, 1.54) is 0 Å². The third-order valence-electron chi connectivity index (χ3n) is 2.18. The predicted octanol–water partition coefficient (Wildman–Crippen LogP) is 2.75. The van der Waals surface area contributed by atoms with Crippen LogP contribution in [0.3, 0.4) is 0 Å². The smallest absolute Gasteiger partial charge is 0.310 e. The van der Waals surface area contributed by atoms with Crippen molar-refractivity contribution in [2.75, 3.05) is 0 Å². The number of benzene rings is 1. The number of carbonyl (C=O) groups is 1. The van der Waals surface area contributed by atoms with Gasteiger partial charge in [-0.25, -0.2) is 0 Å². The van der Waals surface area contributed by atoms with Crippen molar-refractivity contribution in [3.63, 3.8) is 0 Å². The van der Waals surface area contributed by atoms with Crippen LogP contribution in [0.2, 0.25) is 0 Å². The van der Waals surface area contributed by atoms with E-state index in [0.717, 1.165) is 24.2 Å². The molecule has 1 fully saturated rings. The van der Waals surface area contributed by atoms with E-state index in [-0.39, 0.29) is 5.97 Å². The van der Waals surface area contributed by atoms with Crippen LogP contribution >= 0.6 is 0 Å². The predicted molar refractivity (Wildman–Crippen MR) is 54.4 cm³/mol. The lowest BCUT2D eigenvalue weighted by Crippen LogP contribution is -2.09. The minimum Gasteiger partial charge on any atom is -0.431 e. The summed E-state index contributed by atoms with van der Waals surface area (Å²) in [5.74, 6) is 0.672. The normalized spacial score (nSPS) is 19.4. The molecule has 1 heterocycles. The van der Waals surface area contributed by atoms with Crippen molar-refractivity contribution in [1.82, 2.24) is 0 Å². The molecule has 2 rings (SSSR count). The number of ether oxygens (including phenoxy) is 1. The molecule has 1 aromatic rings. The first-order chi connectivity index (χ1) is 6.84. The monoisotopic (exact) mass is 188 g/mol. The van der Waals surface area contributed by atoms with Crippen LogP contribution in [0.15, 0.2) is 36.1 Å². The van der Waals surface area contributed by atoms with Gasteiger partial charge in [0.25, 0.3) is 0 Å². The second-order valence-corrected chi connectivity index (χ2v) is 3.35. The van der Waals surface area contributed by atoms with Gasteiger partial charge in [0.1, 0.15) is 5.76 Å². The number of hydrogen-bond acceptors (Lipinski definition) is 2. The molecular weight excluding hydrogens is 176 g/mol. The molecule has 1 aliphatic heterocycles. The summed E-state index contributed by atoms with van der Waals surface area (Å²) in [6.45, 7) is 0. The van der Waals surface area contributed by atoms with E-state index < -0.39 is 0 Å². The SMILES string of the molecule is O=C1CCC/C(=C/c2ccccc2)O1. The number of hydrogen-bond donors (Lipinski definition) is 0. The van der Waals surface area contributed by atoms with E-state index in [1.54, 1.807) is 0 Å². The molecule has 0 N–H and O–H groups in total. The number of carbonyl (C=O) groups excluding carboxylic acids is 1. The maximum absolute atomic E-state index is 11.0. The summed E-state index contributed by atoms with van der Waals surface area (Å²) in [6, 6.07) is 9.90. The van der Waals surface area contributed by atoms with Gasteiger partial charge in [0, 0.05) is 12.8 Å². The molecule has 14 heavy (non-hydrogen) atoms. The molecule has 0 amide bonds. The molecule has 1 aliphatic rings. The fraction of sp³-hybridized carbons (Fsp3) is 0.250. The molecule has 0 aromatic heterocycles. The standard InChI is InChI=1S/C12H12O2/c13-12-8-4-7-11(14-12)9-10-5-2-1-3-6-10/h1-3,5-6,9H,4,7-8H2/b11-9-. The summed E-state index contributed by atoms with van der Waals surface area (Å²) >= 11 is 0. The van der Waals surface area contributed by atoms with Gasteiger partial charge in [-0.05, 0) is 18.1 Å². The molecule has 2 nitrogen and oxygen atoms in total. The van der Waals surface area contributed by atoms with Crippen LogP contribution in [0.1, 0.15) is 24.8 Å². The Kier molecular flexibility index (Phi) is 2.63. The van der Waals surface area contributed by atoms with Crippen LogP contribution in [0.4, 0.5) is 0 Å². The Bertz CT molecular complexity index is 352. The molecule has 1 saturated heterocycles. The van der Waals surface area contributed by atoms with Crippen molar-refractivity contribution in [1.29, 1.82) is 0 Å². The topological polar surface area (TPSA) is 26.3 Å². The van der Waals surface area contributed by atoms with Crippen molar-refractivity contribution in [3.8, 4) is 0 Å².